The predicted octanol–water partition coefficient (Wildman–Crippen LogP) is 2.14. The highest BCUT2D eigenvalue weighted by atomic mass is 15.4. The van der Waals surface area contributed by atoms with E-state index >= 15 is 0 Å². The van der Waals surface area contributed by atoms with Gasteiger partial charge in [0.25, 0.3) is 0 Å². The molecule has 0 aromatic carbocycles. The second-order valence-electron chi connectivity index (χ2n) is 5.11. The fraction of sp³-hybridized carbons (Fsp3) is 0.833. The molecule has 1 fully saturated rings. The maximum atomic E-state index is 4.31. The first-order valence-corrected chi connectivity index (χ1v) is 6.30. The molecule has 1 aromatic heterocycles. The van der Waals surface area contributed by atoms with Crippen molar-refractivity contribution < 1.29 is 0 Å². The molecule has 16 heavy (non-hydrogen) atoms. The van der Waals surface area contributed by atoms with Gasteiger partial charge in [0.2, 0.25) is 0 Å². The van der Waals surface area contributed by atoms with Crippen molar-refractivity contribution in [1.82, 2.24) is 20.1 Å². The molecule has 0 saturated heterocycles. The Morgan fingerprint density at radius 2 is 2.31 bits per heavy atom. The van der Waals surface area contributed by atoms with Crippen LogP contribution in [0.5, 0.6) is 0 Å². The average molecular weight is 222 g/mol. The summed E-state index contributed by atoms with van der Waals surface area (Å²) in [5, 5.41) is 7.85. The van der Waals surface area contributed by atoms with E-state index in [1.54, 1.807) is 6.33 Å². The van der Waals surface area contributed by atoms with Crippen LogP contribution in [0.3, 0.4) is 0 Å². The normalized spacial score (nSPS) is 25.5. The molecule has 2 rings (SSSR count). The maximum Gasteiger partial charge on any atom is 0.141 e. The molecule has 4 heteroatoms. The third kappa shape index (κ3) is 2.43. The summed E-state index contributed by atoms with van der Waals surface area (Å²) in [4.78, 5) is 4.31. The Morgan fingerprint density at radius 1 is 1.50 bits per heavy atom. The molecule has 0 radical (unpaired) electrons. The Labute approximate surface area is 97.5 Å². The van der Waals surface area contributed by atoms with Gasteiger partial charge in [0.1, 0.15) is 12.2 Å². The molecule has 1 heterocycles. The number of nitrogens with one attached hydrogen (secondary N) is 1. The van der Waals surface area contributed by atoms with Gasteiger partial charge < -0.3 is 5.32 Å². The third-order valence-electron chi connectivity index (χ3n) is 3.52. The molecule has 0 bridgehead atoms. The summed E-state index contributed by atoms with van der Waals surface area (Å²) < 4.78 is 1.99. The fourth-order valence-electron chi connectivity index (χ4n) is 2.50. The van der Waals surface area contributed by atoms with Crippen molar-refractivity contribution in [2.75, 3.05) is 0 Å². The monoisotopic (exact) mass is 222 g/mol. The van der Waals surface area contributed by atoms with Crippen LogP contribution in [0.2, 0.25) is 0 Å². The minimum atomic E-state index is 0.389. The van der Waals surface area contributed by atoms with Gasteiger partial charge in [0, 0.05) is 12.1 Å². The molecule has 0 aliphatic heterocycles. The van der Waals surface area contributed by atoms with E-state index in [0.717, 1.165) is 18.3 Å². The van der Waals surface area contributed by atoms with Crippen LogP contribution in [0.1, 0.15) is 51.9 Å². The number of rotatable bonds is 4. The van der Waals surface area contributed by atoms with Crippen LogP contribution in [0, 0.1) is 5.92 Å². The zero-order valence-corrected chi connectivity index (χ0v) is 10.5. The summed E-state index contributed by atoms with van der Waals surface area (Å²) in [6.07, 6.45) is 5.66. The van der Waals surface area contributed by atoms with E-state index in [2.05, 4.69) is 36.2 Å². The molecule has 90 valence electrons. The van der Waals surface area contributed by atoms with Crippen LogP contribution >= 0.6 is 0 Å². The summed E-state index contributed by atoms with van der Waals surface area (Å²) in [6.45, 7) is 7.44. The van der Waals surface area contributed by atoms with E-state index in [9.17, 15) is 0 Å². The van der Waals surface area contributed by atoms with E-state index in [-0.39, 0.29) is 0 Å². The fourth-order valence-corrected chi connectivity index (χ4v) is 2.50. The lowest BCUT2D eigenvalue weighted by molar-refractivity contribution is 0.406. The molecule has 1 saturated carbocycles. The largest absolute Gasteiger partial charge is 0.307 e. The Balaban J connectivity index is 1.91. The summed E-state index contributed by atoms with van der Waals surface area (Å²) in [5.74, 6) is 1.85. The molecule has 0 amide bonds. The van der Waals surface area contributed by atoms with E-state index in [0.29, 0.717) is 12.1 Å². The van der Waals surface area contributed by atoms with Gasteiger partial charge in [-0.1, -0.05) is 13.3 Å². The van der Waals surface area contributed by atoms with Crippen molar-refractivity contribution >= 4 is 0 Å². The lowest BCUT2D eigenvalue weighted by Crippen LogP contribution is -2.31. The van der Waals surface area contributed by atoms with Crippen molar-refractivity contribution in [1.29, 1.82) is 0 Å². The van der Waals surface area contributed by atoms with Crippen molar-refractivity contribution in [2.24, 2.45) is 5.92 Å². The summed E-state index contributed by atoms with van der Waals surface area (Å²) in [6, 6.07) is 1.05. The average Bonchev–Trinajstić information content (AvgIpc) is 2.83. The quantitative estimate of drug-likeness (QED) is 0.848. The SMILES string of the molecule is CC1CCCC1NCc1ncnn1C(C)C. The van der Waals surface area contributed by atoms with Gasteiger partial charge in [0.05, 0.1) is 6.54 Å². The van der Waals surface area contributed by atoms with E-state index in [1.165, 1.54) is 19.3 Å². The standard InChI is InChI=1S/C12H22N4/c1-9(2)16-12(14-8-15-16)7-13-11-6-4-5-10(11)3/h8-11,13H,4-7H2,1-3H3. The molecular formula is C12H22N4. The molecule has 2 unspecified atom stereocenters. The predicted molar refractivity (Wildman–Crippen MR) is 64.0 cm³/mol. The molecule has 4 nitrogen and oxygen atoms in total. The second kappa shape index (κ2) is 4.95. The molecule has 1 N–H and O–H groups in total. The molecular weight excluding hydrogens is 200 g/mol. The second-order valence-corrected chi connectivity index (χ2v) is 5.11. The Hall–Kier alpha value is -0.900. The van der Waals surface area contributed by atoms with Gasteiger partial charge in [0.15, 0.2) is 0 Å². The smallest absolute Gasteiger partial charge is 0.141 e. The summed E-state index contributed by atoms with van der Waals surface area (Å²) in [5.41, 5.74) is 0. The van der Waals surface area contributed by atoms with E-state index < -0.39 is 0 Å². The highest BCUT2D eigenvalue weighted by Crippen LogP contribution is 2.24. The van der Waals surface area contributed by atoms with Gasteiger partial charge >= 0.3 is 0 Å². The molecule has 1 aromatic rings. The molecule has 2 atom stereocenters. The minimum absolute atomic E-state index is 0.389. The van der Waals surface area contributed by atoms with Gasteiger partial charge in [-0.25, -0.2) is 9.67 Å². The summed E-state index contributed by atoms with van der Waals surface area (Å²) in [7, 11) is 0. The van der Waals surface area contributed by atoms with Gasteiger partial charge in [-0.3, -0.25) is 0 Å². The number of hydrogen-bond acceptors (Lipinski definition) is 3. The molecule has 0 spiro atoms. The van der Waals surface area contributed by atoms with Crippen LogP contribution < -0.4 is 5.32 Å². The lowest BCUT2D eigenvalue weighted by Gasteiger charge is -2.17. The van der Waals surface area contributed by atoms with Crippen LogP contribution in [0.4, 0.5) is 0 Å². The van der Waals surface area contributed by atoms with Crippen LogP contribution in [-0.2, 0) is 6.54 Å². The van der Waals surface area contributed by atoms with E-state index in [4.69, 9.17) is 0 Å². The van der Waals surface area contributed by atoms with Crippen molar-refractivity contribution in [3.05, 3.63) is 12.2 Å². The van der Waals surface area contributed by atoms with Crippen molar-refractivity contribution in [3.63, 3.8) is 0 Å². The zero-order valence-electron chi connectivity index (χ0n) is 10.5. The number of hydrogen-bond donors (Lipinski definition) is 1. The first kappa shape index (κ1) is 11.6. The van der Waals surface area contributed by atoms with Gasteiger partial charge in [-0.15, -0.1) is 0 Å². The first-order valence-electron chi connectivity index (χ1n) is 6.30. The van der Waals surface area contributed by atoms with Crippen LogP contribution in [0.25, 0.3) is 0 Å². The first-order chi connectivity index (χ1) is 7.68. The highest BCUT2D eigenvalue weighted by molar-refractivity contribution is 4.89. The highest BCUT2D eigenvalue weighted by Gasteiger charge is 2.23. The molecule has 1 aliphatic rings. The topological polar surface area (TPSA) is 42.7 Å². The minimum Gasteiger partial charge on any atom is -0.307 e. The molecule has 1 aliphatic carbocycles. The third-order valence-corrected chi connectivity index (χ3v) is 3.52. The van der Waals surface area contributed by atoms with Crippen LogP contribution in [0.15, 0.2) is 6.33 Å². The van der Waals surface area contributed by atoms with Crippen molar-refractivity contribution in [2.45, 2.75) is 58.7 Å². The number of aromatic nitrogens is 3. The summed E-state index contributed by atoms with van der Waals surface area (Å²) >= 11 is 0. The van der Waals surface area contributed by atoms with Gasteiger partial charge in [-0.05, 0) is 32.6 Å². The van der Waals surface area contributed by atoms with E-state index in [1.807, 2.05) is 4.68 Å². The Bertz CT molecular complexity index is 332. The maximum absolute atomic E-state index is 4.31. The lowest BCUT2D eigenvalue weighted by atomic mass is 10.1. The van der Waals surface area contributed by atoms with Gasteiger partial charge in [-0.2, -0.15) is 5.10 Å². The number of nitrogens with zero attached hydrogens (tertiary/aromatic N) is 3. The Morgan fingerprint density at radius 3 is 2.94 bits per heavy atom. The van der Waals surface area contributed by atoms with Crippen LogP contribution in [-0.4, -0.2) is 20.8 Å². The Kier molecular flexibility index (Phi) is 3.59. The zero-order chi connectivity index (χ0) is 11.5. The van der Waals surface area contributed by atoms with Crippen molar-refractivity contribution in [3.8, 4) is 0 Å².